The minimum atomic E-state index is -1.42. The maximum atomic E-state index is 13.7. The number of amides is 1. The van der Waals surface area contributed by atoms with Crippen molar-refractivity contribution in [3.63, 3.8) is 0 Å². The fourth-order valence-corrected chi connectivity index (χ4v) is 2.20. The number of rotatable bonds is 2. The van der Waals surface area contributed by atoms with Gasteiger partial charge in [0.2, 0.25) is 5.91 Å². The van der Waals surface area contributed by atoms with Gasteiger partial charge in [-0.3, -0.25) is 4.79 Å². The van der Waals surface area contributed by atoms with Gasteiger partial charge in [-0.2, -0.15) is 12.6 Å². The summed E-state index contributed by atoms with van der Waals surface area (Å²) in [4.78, 5) is 23.5. The van der Waals surface area contributed by atoms with E-state index in [4.69, 9.17) is 5.11 Å². The van der Waals surface area contributed by atoms with E-state index in [1.54, 1.807) is 0 Å². The summed E-state index contributed by atoms with van der Waals surface area (Å²) in [7, 11) is 0. The van der Waals surface area contributed by atoms with Crippen molar-refractivity contribution in [3.8, 4) is 0 Å². The average Bonchev–Trinajstić information content (AvgIpc) is 2.61. The first-order chi connectivity index (χ1) is 8.41. The van der Waals surface area contributed by atoms with Gasteiger partial charge in [-0.15, -0.1) is 0 Å². The molecule has 1 fully saturated rings. The summed E-state index contributed by atoms with van der Waals surface area (Å²) in [5, 5.41) is 8.63. The van der Waals surface area contributed by atoms with Gasteiger partial charge in [-0.25, -0.2) is 13.6 Å². The van der Waals surface area contributed by atoms with E-state index in [9.17, 15) is 18.4 Å². The highest BCUT2D eigenvalue weighted by atomic mass is 32.1. The first kappa shape index (κ1) is 12.8. The number of halogens is 2. The Balaban J connectivity index is 2.58. The molecule has 0 saturated carbocycles. The first-order valence-corrected chi connectivity index (χ1v) is 5.63. The molecule has 1 saturated heterocycles. The highest BCUT2D eigenvalue weighted by molar-refractivity contribution is 7.81. The van der Waals surface area contributed by atoms with Crippen LogP contribution in [0.1, 0.15) is 16.8 Å². The Hall–Kier alpha value is -1.63. The topological polar surface area (TPSA) is 57.6 Å². The lowest BCUT2D eigenvalue weighted by Crippen LogP contribution is -2.28. The van der Waals surface area contributed by atoms with Gasteiger partial charge in [0.15, 0.2) is 11.6 Å². The molecule has 1 aliphatic rings. The van der Waals surface area contributed by atoms with Crippen LogP contribution in [0.25, 0.3) is 0 Å². The van der Waals surface area contributed by atoms with Crippen LogP contribution < -0.4 is 4.90 Å². The second-order valence-corrected chi connectivity index (χ2v) is 4.66. The normalized spacial score (nSPS) is 19.4. The van der Waals surface area contributed by atoms with Crippen molar-refractivity contribution in [1.29, 1.82) is 0 Å². The van der Waals surface area contributed by atoms with Crippen molar-refractivity contribution in [1.82, 2.24) is 0 Å². The summed E-state index contributed by atoms with van der Waals surface area (Å²) in [5.74, 6) is -4.41. The molecule has 1 aromatic rings. The Bertz CT molecular complexity index is 535. The van der Waals surface area contributed by atoms with Gasteiger partial charge in [-0.1, -0.05) is 0 Å². The number of anilines is 1. The van der Waals surface area contributed by atoms with E-state index in [1.807, 2.05) is 0 Å². The molecule has 0 radical (unpaired) electrons. The van der Waals surface area contributed by atoms with Crippen molar-refractivity contribution in [3.05, 3.63) is 29.3 Å². The van der Waals surface area contributed by atoms with Crippen LogP contribution in [-0.2, 0) is 4.79 Å². The smallest absolute Gasteiger partial charge is 0.337 e. The van der Waals surface area contributed by atoms with E-state index in [-0.39, 0.29) is 18.2 Å². The molecule has 1 N–H and O–H groups in total. The van der Waals surface area contributed by atoms with E-state index in [2.05, 4.69) is 12.6 Å². The molecule has 1 aliphatic heterocycles. The zero-order valence-corrected chi connectivity index (χ0v) is 9.95. The second-order valence-electron chi connectivity index (χ2n) is 3.92. The van der Waals surface area contributed by atoms with Gasteiger partial charge in [0.25, 0.3) is 0 Å². The van der Waals surface area contributed by atoms with E-state index in [0.29, 0.717) is 0 Å². The van der Waals surface area contributed by atoms with Crippen LogP contribution in [0, 0.1) is 11.6 Å². The number of nitrogens with zero attached hydrogens (tertiary/aromatic N) is 1. The Morgan fingerprint density at radius 1 is 1.44 bits per heavy atom. The molecule has 7 heteroatoms. The van der Waals surface area contributed by atoms with Crippen LogP contribution in [0.15, 0.2) is 12.1 Å². The third-order valence-corrected chi connectivity index (χ3v) is 3.02. The minimum Gasteiger partial charge on any atom is -0.478 e. The standard InChI is InChI=1S/C11H9F2NO3S/c12-7-2-1-6(11(16)17)10(9(7)13)14-4-5(18)3-8(14)15/h1-2,5,18H,3-4H2,(H,16,17). The van der Waals surface area contributed by atoms with Gasteiger partial charge in [0.1, 0.15) is 0 Å². The number of carbonyl (C=O) groups is 2. The third kappa shape index (κ3) is 2.05. The van der Waals surface area contributed by atoms with E-state index in [0.717, 1.165) is 17.0 Å². The number of hydrogen-bond donors (Lipinski definition) is 2. The zero-order valence-electron chi connectivity index (χ0n) is 9.06. The lowest BCUT2D eigenvalue weighted by molar-refractivity contribution is -0.117. The molecule has 18 heavy (non-hydrogen) atoms. The van der Waals surface area contributed by atoms with Crippen LogP contribution >= 0.6 is 12.6 Å². The molecule has 0 aromatic heterocycles. The van der Waals surface area contributed by atoms with E-state index < -0.39 is 34.8 Å². The molecule has 1 aromatic carbocycles. The molecule has 0 bridgehead atoms. The predicted molar refractivity (Wildman–Crippen MR) is 63.1 cm³/mol. The monoisotopic (exact) mass is 273 g/mol. The Morgan fingerprint density at radius 2 is 2.11 bits per heavy atom. The summed E-state index contributed by atoms with van der Waals surface area (Å²) >= 11 is 4.08. The van der Waals surface area contributed by atoms with E-state index in [1.165, 1.54) is 0 Å². The summed E-state index contributed by atoms with van der Waals surface area (Å²) < 4.78 is 26.9. The van der Waals surface area contributed by atoms with Crippen molar-refractivity contribution in [2.24, 2.45) is 0 Å². The first-order valence-electron chi connectivity index (χ1n) is 5.11. The molecule has 1 unspecified atom stereocenters. The molecule has 2 rings (SSSR count). The summed E-state index contributed by atoms with van der Waals surface area (Å²) in [6, 6.07) is 1.66. The maximum absolute atomic E-state index is 13.7. The Kier molecular flexibility index (Phi) is 3.25. The molecule has 0 spiro atoms. The zero-order chi connectivity index (χ0) is 13.4. The maximum Gasteiger partial charge on any atom is 0.337 e. The number of benzene rings is 1. The molecule has 4 nitrogen and oxygen atoms in total. The predicted octanol–water partition coefficient (Wildman–Crippen LogP) is 1.70. The molecule has 96 valence electrons. The van der Waals surface area contributed by atoms with Crippen LogP contribution in [0.5, 0.6) is 0 Å². The second kappa shape index (κ2) is 4.56. The number of carboxylic acids is 1. The number of hydrogen-bond acceptors (Lipinski definition) is 3. The molecule has 1 atom stereocenters. The van der Waals surface area contributed by atoms with Gasteiger partial charge in [-0.05, 0) is 12.1 Å². The SMILES string of the molecule is O=C(O)c1ccc(F)c(F)c1N1CC(S)CC1=O. The fraction of sp³-hybridized carbons (Fsp3) is 0.273. The summed E-state index contributed by atoms with van der Waals surface area (Å²) in [6.45, 7) is 0.0581. The van der Waals surface area contributed by atoms with Crippen molar-refractivity contribution in [2.45, 2.75) is 11.7 Å². The summed E-state index contributed by atoms with van der Waals surface area (Å²) in [5.41, 5.74) is -0.964. The Labute approximate surface area is 107 Å². The van der Waals surface area contributed by atoms with Crippen LogP contribution in [-0.4, -0.2) is 28.8 Å². The molecule has 0 aliphatic carbocycles. The number of carboxylic acid groups (broad SMARTS) is 1. The van der Waals surface area contributed by atoms with Gasteiger partial charge < -0.3 is 10.0 Å². The number of thiol groups is 1. The van der Waals surface area contributed by atoms with Crippen LogP contribution in [0.4, 0.5) is 14.5 Å². The highest BCUT2D eigenvalue weighted by Gasteiger charge is 2.34. The molecule has 1 heterocycles. The molecular weight excluding hydrogens is 264 g/mol. The van der Waals surface area contributed by atoms with Crippen molar-refractivity contribution < 1.29 is 23.5 Å². The van der Waals surface area contributed by atoms with Crippen LogP contribution in [0.2, 0.25) is 0 Å². The molecular formula is C11H9F2NO3S. The highest BCUT2D eigenvalue weighted by Crippen LogP contribution is 2.31. The number of carbonyl (C=O) groups excluding carboxylic acids is 1. The lowest BCUT2D eigenvalue weighted by Gasteiger charge is -2.19. The summed E-state index contributed by atoms with van der Waals surface area (Å²) in [6.07, 6.45) is 0.0676. The van der Waals surface area contributed by atoms with Crippen molar-refractivity contribution in [2.75, 3.05) is 11.4 Å². The third-order valence-electron chi connectivity index (χ3n) is 2.67. The fourth-order valence-electron chi connectivity index (χ4n) is 1.88. The van der Waals surface area contributed by atoms with Gasteiger partial charge in [0, 0.05) is 18.2 Å². The van der Waals surface area contributed by atoms with Gasteiger partial charge >= 0.3 is 5.97 Å². The molecule has 1 amide bonds. The minimum absolute atomic E-state index is 0.0581. The average molecular weight is 273 g/mol. The van der Waals surface area contributed by atoms with Crippen molar-refractivity contribution >= 4 is 30.2 Å². The largest absolute Gasteiger partial charge is 0.478 e. The quantitative estimate of drug-likeness (QED) is 0.806. The number of aromatic carboxylic acids is 1. The van der Waals surface area contributed by atoms with Crippen LogP contribution in [0.3, 0.4) is 0 Å². The van der Waals surface area contributed by atoms with E-state index >= 15 is 0 Å². The van der Waals surface area contributed by atoms with Gasteiger partial charge in [0.05, 0.1) is 11.3 Å². The Morgan fingerprint density at radius 3 is 2.61 bits per heavy atom. The lowest BCUT2D eigenvalue weighted by atomic mass is 10.1.